The van der Waals surface area contributed by atoms with Gasteiger partial charge in [0.2, 0.25) is 5.89 Å². The highest BCUT2D eigenvalue weighted by atomic mass is 16.5. The molecule has 5 heteroatoms. The Bertz CT molecular complexity index is 807. The number of aromatic nitrogens is 1. The zero-order chi connectivity index (χ0) is 14.8. The molecule has 0 atom stereocenters. The number of benzene rings is 2. The Morgan fingerprint density at radius 1 is 1.10 bits per heavy atom. The molecule has 0 N–H and O–H groups in total. The largest absolute Gasteiger partial charge is 0.496 e. The molecule has 2 aromatic carbocycles. The predicted octanol–water partition coefficient (Wildman–Crippen LogP) is 3.29. The Morgan fingerprint density at radius 3 is 2.67 bits per heavy atom. The van der Waals surface area contributed by atoms with Crippen molar-refractivity contribution < 1.29 is 18.7 Å². The van der Waals surface area contributed by atoms with Crippen LogP contribution in [0.3, 0.4) is 0 Å². The number of fused-ring (bicyclic) bond motifs is 1. The van der Waals surface area contributed by atoms with E-state index in [1.165, 1.54) is 7.11 Å². The van der Waals surface area contributed by atoms with Crippen LogP contribution in [0.1, 0.15) is 10.4 Å². The molecule has 0 aliphatic heterocycles. The first-order valence-corrected chi connectivity index (χ1v) is 6.36. The lowest BCUT2D eigenvalue weighted by Gasteiger charge is -2.03. The number of methoxy groups -OCH3 is 2. The fourth-order valence-corrected chi connectivity index (χ4v) is 2.16. The van der Waals surface area contributed by atoms with Gasteiger partial charge in [-0.05, 0) is 24.3 Å². The van der Waals surface area contributed by atoms with Crippen molar-refractivity contribution in [2.75, 3.05) is 14.2 Å². The zero-order valence-electron chi connectivity index (χ0n) is 11.6. The van der Waals surface area contributed by atoms with Gasteiger partial charge in [-0.25, -0.2) is 9.78 Å². The molecule has 0 unspecified atom stereocenters. The van der Waals surface area contributed by atoms with Crippen molar-refractivity contribution in [2.45, 2.75) is 0 Å². The molecule has 0 bridgehead atoms. The van der Waals surface area contributed by atoms with Gasteiger partial charge in [0.05, 0.1) is 25.3 Å². The molecule has 3 rings (SSSR count). The van der Waals surface area contributed by atoms with Crippen LogP contribution in [-0.4, -0.2) is 25.2 Å². The van der Waals surface area contributed by atoms with Gasteiger partial charge in [0.25, 0.3) is 0 Å². The molecule has 106 valence electrons. The Balaban J connectivity index is 2.20. The van der Waals surface area contributed by atoms with Crippen LogP contribution in [0.4, 0.5) is 0 Å². The maximum absolute atomic E-state index is 11.8. The molecule has 0 spiro atoms. The fourth-order valence-electron chi connectivity index (χ4n) is 2.16. The first kappa shape index (κ1) is 13.2. The van der Waals surface area contributed by atoms with Crippen molar-refractivity contribution in [1.82, 2.24) is 4.98 Å². The van der Waals surface area contributed by atoms with E-state index < -0.39 is 5.97 Å². The number of oxazole rings is 1. The van der Waals surface area contributed by atoms with E-state index in [0.717, 1.165) is 5.56 Å². The molecule has 0 aliphatic rings. The minimum Gasteiger partial charge on any atom is -0.496 e. The number of nitrogens with zero attached hydrogens (tertiary/aromatic N) is 1. The predicted molar refractivity (Wildman–Crippen MR) is 77.3 cm³/mol. The molecule has 1 heterocycles. The molecule has 0 amide bonds. The standard InChI is InChI=1S/C16H13NO4/c1-19-12-8-4-3-6-10(12)15-17-14-11(16(18)20-2)7-5-9-13(14)21-15/h3-9H,1-2H3. The summed E-state index contributed by atoms with van der Waals surface area (Å²) in [6.45, 7) is 0. The van der Waals surface area contributed by atoms with E-state index in [0.29, 0.717) is 28.3 Å². The molecule has 5 nitrogen and oxygen atoms in total. The highest BCUT2D eigenvalue weighted by Crippen LogP contribution is 2.32. The maximum atomic E-state index is 11.8. The van der Waals surface area contributed by atoms with Crippen molar-refractivity contribution in [1.29, 1.82) is 0 Å². The molecule has 0 aliphatic carbocycles. The highest BCUT2D eigenvalue weighted by molar-refractivity contribution is 6.01. The number of para-hydroxylation sites is 2. The molecular formula is C16H13NO4. The lowest BCUT2D eigenvalue weighted by atomic mass is 10.2. The second-order valence-electron chi connectivity index (χ2n) is 4.36. The molecule has 21 heavy (non-hydrogen) atoms. The summed E-state index contributed by atoms with van der Waals surface area (Å²) in [5, 5.41) is 0. The quantitative estimate of drug-likeness (QED) is 0.690. The molecule has 3 aromatic rings. The zero-order valence-corrected chi connectivity index (χ0v) is 11.6. The lowest BCUT2D eigenvalue weighted by molar-refractivity contribution is 0.0603. The topological polar surface area (TPSA) is 61.6 Å². The van der Waals surface area contributed by atoms with Crippen LogP contribution in [-0.2, 0) is 4.74 Å². The first-order valence-electron chi connectivity index (χ1n) is 6.36. The molecule has 0 saturated heterocycles. The van der Waals surface area contributed by atoms with E-state index in [2.05, 4.69) is 4.98 Å². The van der Waals surface area contributed by atoms with Gasteiger partial charge in [-0.1, -0.05) is 18.2 Å². The number of hydrogen-bond acceptors (Lipinski definition) is 5. The van der Waals surface area contributed by atoms with Gasteiger partial charge < -0.3 is 13.9 Å². The van der Waals surface area contributed by atoms with E-state index >= 15 is 0 Å². The van der Waals surface area contributed by atoms with Crippen LogP contribution < -0.4 is 4.74 Å². The van der Waals surface area contributed by atoms with Gasteiger partial charge in [0.1, 0.15) is 11.3 Å². The fraction of sp³-hybridized carbons (Fsp3) is 0.125. The highest BCUT2D eigenvalue weighted by Gasteiger charge is 2.18. The Kier molecular flexibility index (Phi) is 3.31. The number of rotatable bonds is 3. The third kappa shape index (κ3) is 2.23. The van der Waals surface area contributed by atoms with Crippen LogP contribution >= 0.6 is 0 Å². The van der Waals surface area contributed by atoms with Gasteiger partial charge >= 0.3 is 5.97 Å². The monoisotopic (exact) mass is 283 g/mol. The summed E-state index contributed by atoms with van der Waals surface area (Å²) in [6, 6.07) is 12.5. The Morgan fingerprint density at radius 2 is 1.90 bits per heavy atom. The molecule has 1 aromatic heterocycles. The van der Waals surface area contributed by atoms with Crippen molar-refractivity contribution >= 4 is 17.1 Å². The van der Waals surface area contributed by atoms with Crippen molar-refractivity contribution in [3.05, 3.63) is 48.0 Å². The van der Waals surface area contributed by atoms with E-state index in [4.69, 9.17) is 13.9 Å². The number of hydrogen-bond donors (Lipinski definition) is 0. The number of carbonyl (C=O) groups excluding carboxylic acids is 1. The number of carbonyl (C=O) groups is 1. The summed E-state index contributed by atoms with van der Waals surface area (Å²) in [5.41, 5.74) is 2.11. The van der Waals surface area contributed by atoms with E-state index in [9.17, 15) is 4.79 Å². The first-order chi connectivity index (χ1) is 10.2. The molecule has 0 radical (unpaired) electrons. The number of esters is 1. The van der Waals surface area contributed by atoms with Crippen molar-refractivity contribution in [3.8, 4) is 17.2 Å². The summed E-state index contributed by atoms with van der Waals surface area (Å²) < 4.78 is 15.8. The van der Waals surface area contributed by atoms with E-state index in [1.54, 1.807) is 25.3 Å². The lowest BCUT2D eigenvalue weighted by Crippen LogP contribution is -2.01. The van der Waals surface area contributed by atoms with Gasteiger partial charge in [0, 0.05) is 0 Å². The van der Waals surface area contributed by atoms with Gasteiger partial charge in [-0.2, -0.15) is 0 Å². The summed E-state index contributed by atoms with van der Waals surface area (Å²) in [4.78, 5) is 16.2. The molecule has 0 saturated carbocycles. The second kappa shape index (κ2) is 5.28. The third-order valence-electron chi connectivity index (χ3n) is 3.16. The normalized spacial score (nSPS) is 10.6. The summed E-state index contributed by atoms with van der Waals surface area (Å²) in [6.07, 6.45) is 0. The van der Waals surface area contributed by atoms with E-state index in [1.807, 2.05) is 24.3 Å². The molecule has 0 fully saturated rings. The Hall–Kier alpha value is -2.82. The average Bonchev–Trinajstić information content (AvgIpc) is 2.97. The van der Waals surface area contributed by atoms with Gasteiger partial charge in [-0.15, -0.1) is 0 Å². The van der Waals surface area contributed by atoms with Gasteiger partial charge in [-0.3, -0.25) is 0 Å². The maximum Gasteiger partial charge on any atom is 0.340 e. The molecular weight excluding hydrogens is 270 g/mol. The van der Waals surface area contributed by atoms with Crippen molar-refractivity contribution in [2.24, 2.45) is 0 Å². The van der Waals surface area contributed by atoms with Crippen LogP contribution in [0.2, 0.25) is 0 Å². The van der Waals surface area contributed by atoms with Crippen molar-refractivity contribution in [3.63, 3.8) is 0 Å². The van der Waals surface area contributed by atoms with E-state index in [-0.39, 0.29) is 0 Å². The van der Waals surface area contributed by atoms with Gasteiger partial charge in [0.15, 0.2) is 5.58 Å². The smallest absolute Gasteiger partial charge is 0.340 e. The second-order valence-corrected chi connectivity index (χ2v) is 4.36. The van der Waals surface area contributed by atoms with Crippen LogP contribution in [0.25, 0.3) is 22.6 Å². The van der Waals surface area contributed by atoms with Crippen LogP contribution in [0.5, 0.6) is 5.75 Å². The summed E-state index contributed by atoms with van der Waals surface area (Å²) in [5.74, 6) is 0.614. The number of ether oxygens (including phenoxy) is 2. The minimum atomic E-state index is -0.444. The van der Waals surface area contributed by atoms with Crippen LogP contribution in [0, 0.1) is 0 Å². The third-order valence-corrected chi connectivity index (χ3v) is 3.16. The van der Waals surface area contributed by atoms with Crippen LogP contribution in [0.15, 0.2) is 46.9 Å². The summed E-state index contributed by atoms with van der Waals surface area (Å²) >= 11 is 0. The summed E-state index contributed by atoms with van der Waals surface area (Å²) in [7, 11) is 2.92. The SMILES string of the molecule is COC(=O)c1cccc2oc(-c3ccccc3OC)nc12. The minimum absolute atomic E-state index is 0.375. The Labute approximate surface area is 121 Å². The average molecular weight is 283 g/mol.